The van der Waals surface area contributed by atoms with E-state index in [2.05, 4.69) is 10.6 Å². The van der Waals surface area contributed by atoms with Crippen LogP contribution in [0.15, 0.2) is 35.5 Å². The predicted molar refractivity (Wildman–Crippen MR) is 97.7 cm³/mol. The molecular formula is C18H24N2O3S. The number of thiocarbonyl (C=S) groups is 1. The van der Waals surface area contributed by atoms with Crippen molar-refractivity contribution in [2.24, 2.45) is 5.92 Å². The Morgan fingerprint density at radius 3 is 2.54 bits per heavy atom. The molecule has 0 spiro atoms. The molecule has 0 saturated heterocycles. The minimum atomic E-state index is -0.339. The molecule has 2 rings (SSSR count). The zero-order valence-corrected chi connectivity index (χ0v) is 15.3. The molecule has 130 valence electrons. The van der Waals surface area contributed by atoms with Gasteiger partial charge in [0.25, 0.3) is 0 Å². The first-order valence-electron chi connectivity index (χ1n) is 8.10. The molecule has 0 aromatic heterocycles. The Bertz CT molecular complexity index is 638. The Kier molecular flexibility index (Phi) is 6.20. The van der Waals surface area contributed by atoms with Gasteiger partial charge in [-0.05, 0) is 49.7 Å². The van der Waals surface area contributed by atoms with Crippen LogP contribution in [0.2, 0.25) is 0 Å². The zero-order valence-electron chi connectivity index (χ0n) is 14.5. The van der Waals surface area contributed by atoms with Crippen molar-refractivity contribution < 1.29 is 14.3 Å². The molecule has 0 amide bonds. The number of ether oxygens (including phenoxy) is 2. The van der Waals surface area contributed by atoms with Gasteiger partial charge in [-0.1, -0.05) is 26.0 Å². The molecule has 0 bridgehead atoms. The van der Waals surface area contributed by atoms with E-state index >= 15 is 0 Å². The Hall–Kier alpha value is -2.08. The van der Waals surface area contributed by atoms with E-state index in [1.807, 2.05) is 52.0 Å². The molecule has 1 aromatic rings. The van der Waals surface area contributed by atoms with E-state index in [1.165, 1.54) is 0 Å². The summed E-state index contributed by atoms with van der Waals surface area (Å²) in [7, 11) is 0. The van der Waals surface area contributed by atoms with Crippen LogP contribution < -0.4 is 15.4 Å². The van der Waals surface area contributed by atoms with Crippen LogP contribution >= 0.6 is 12.2 Å². The number of esters is 1. The first kappa shape index (κ1) is 18.3. The molecule has 5 nitrogen and oxygen atoms in total. The minimum Gasteiger partial charge on any atom is -0.494 e. The first-order valence-corrected chi connectivity index (χ1v) is 8.51. The molecule has 1 heterocycles. The third-order valence-corrected chi connectivity index (χ3v) is 3.78. The molecule has 0 saturated carbocycles. The van der Waals surface area contributed by atoms with Gasteiger partial charge in [-0.3, -0.25) is 0 Å². The van der Waals surface area contributed by atoms with Crippen molar-refractivity contribution in [1.29, 1.82) is 0 Å². The van der Waals surface area contributed by atoms with Gasteiger partial charge in [0.1, 0.15) is 5.75 Å². The molecule has 1 atom stereocenters. The van der Waals surface area contributed by atoms with Crippen LogP contribution in [-0.4, -0.2) is 24.3 Å². The highest BCUT2D eigenvalue weighted by molar-refractivity contribution is 7.80. The molecule has 24 heavy (non-hydrogen) atoms. The second-order valence-electron chi connectivity index (χ2n) is 6.06. The lowest BCUT2D eigenvalue weighted by molar-refractivity contribution is -0.140. The summed E-state index contributed by atoms with van der Waals surface area (Å²) in [5.41, 5.74) is 2.19. The number of allylic oxidation sites excluding steroid dienone is 1. The average molecular weight is 348 g/mol. The van der Waals surface area contributed by atoms with Crippen molar-refractivity contribution >= 4 is 23.3 Å². The van der Waals surface area contributed by atoms with Crippen molar-refractivity contribution in [3.8, 4) is 5.75 Å². The fraction of sp³-hybridized carbons (Fsp3) is 0.444. The third-order valence-electron chi connectivity index (χ3n) is 3.56. The highest BCUT2D eigenvalue weighted by Crippen LogP contribution is 2.29. The fourth-order valence-electron chi connectivity index (χ4n) is 2.46. The highest BCUT2D eigenvalue weighted by Gasteiger charge is 2.31. The minimum absolute atomic E-state index is 0.282. The molecular weight excluding hydrogens is 324 g/mol. The number of rotatable bonds is 6. The Morgan fingerprint density at radius 1 is 1.29 bits per heavy atom. The topological polar surface area (TPSA) is 59.6 Å². The number of carbonyl (C=O) groups is 1. The summed E-state index contributed by atoms with van der Waals surface area (Å²) in [6.45, 7) is 8.78. The largest absolute Gasteiger partial charge is 0.494 e. The van der Waals surface area contributed by atoms with E-state index in [-0.39, 0.29) is 17.9 Å². The quantitative estimate of drug-likeness (QED) is 0.609. The van der Waals surface area contributed by atoms with Crippen LogP contribution in [0.4, 0.5) is 0 Å². The van der Waals surface area contributed by atoms with Gasteiger partial charge in [-0.25, -0.2) is 4.79 Å². The Balaban J connectivity index is 2.28. The van der Waals surface area contributed by atoms with Crippen molar-refractivity contribution in [1.82, 2.24) is 10.6 Å². The highest BCUT2D eigenvalue weighted by atomic mass is 32.1. The van der Waals surface area contributed by atoms with E-state index in [0.717, 1.165) is 11.3 Å². The summed E-state index contributed by atoms with van der Waals surface area (Å²) in [4.78, 5) is 12.5. The monoisotopic (exact) mass is 348 g/mol. The number of benzene rings is 1. The molecule has 0 aliphatic carbocycles. The molecule has 1 aliphatic rings. The number of hydrogen-bond acceptors (Lipinski definition) is 4. The predicted octanol–water partition coefficient (Wildman–Crippen LogP) is 3.08. The fourth-order valence-corrected chi connectivity index (χ4v) is 2.73. The smallest absolute Gasteiger partial charge is 0.338 e. The zero-order chi connectivity index (χ0) is 17.7. The van der Waals surface area contributed by atoms with Crippen LogP contribution in [0, 0.1) is 5.92 Å². The maximum absolute atomic E-state index is 12.5. The Labute approximate surface area is 148 Å². The molecule has 0 unspecified atom stereocenters. The van der Waals surface area contributed by atoms with Gasteiger partial charge < -0.3 is 20.1 Å². The van der Waals surface area contributed by atoms with E-state index in [1.54, 1.807) is 0 Å². The van der Waals surface area contributed by atoms with Gasteiger partial charge in [0.15, 0.2) is 5.11 Å². The summed E-state index contributed by atoms with van der Waals surface area (Å²) in [6, 6.07) is 7.30. The summed E-state index contributed by atoms with van der Waals surface area (Å²) < 4.78 is 10.9. The van der Waals surface area contributed by atoms with Gasteiger partial charge in [0, 0.05) is 5.70 Å². The van der Waals surface area contributed by atoms with E-state index in [0.29, 0.717) is 29.6 Å². The maximum atomic E-state index is 12.5. The van der Waals surface area contributed by atoms with Crippen molar-refractivity contribution in [2.45, 2.75) is 33.7 Å². The van der Waals surface area contributed by atoms with Crippen LogP contribution in [0.5, 0.6) is 5.75 Å². The van der Waals surface area contributed by atoms with E-state index in [9.17, 15) is 4.79 Å². The lowest BCUT2D eigenvalue weighted by Gasteiger charge is -2.30. The molecule has 1 aromatic carbocycles. The second-order valence-corrected chi connectivity index (χ2v) is 6.47. The standard InChI is InChI=1S/C18H24N2O3S/c1-5-22-14-8-6-13(7-9-14)16-15(12(4)19-18(24)20-16)17(21)23-10-11(2)3/h6-9,11,16H,5,10H2,1-4H3,(H2,19,20,24)/t16-/m0/s1. The number of hydrogen-bond donors (Lipinski definition) is 2. The van der Waals surface area contributed by atoms with Crippen LogP contribution in [0.1, 0.15) is 39.3 Å². The van der Waals surface area contributed by atoms with Crippen molar-refractivity contribution in [3.63, 3.8) is 0 Å². The SMILES string of the molecule is CCOc1ccc([C@@H]2NC(=S)NC(C)=C2C(=O)OCC(C)C)cc1. The van der Waals surface area contributed by atoms with Crippen molar-refractivity contribution in [2.75, 3.05) is 13.2 Å². The van der Waals surface area contributed by atoms with Crippen LogP contribution in [0.3, 0.4) is 0 Å². The molecule has 6 heteroatoms. The van der Waals surface area contributed by atoms with Crippen LogP contribution in [0.25, 0.3) is 0 Å². The van der Waals surface area contributed by atoms with E-state index in [4.69, 9.17) is 21.7 Å². The van der Waals surface area contributed by atoms with Gasteiger partial charge in [-0.2, -0.15) is 0 Å². The van der Waals surface area contributed by atoms with Gasteiger partial charge in [0.05, 0.1) is 24.8 Å². The summed E-state index contributed by atoms with van der Waals surface area (Å²) in [5.74, 6) is 0.745. The summed E-state index contributed by atoms with van der Waals surface area (Å²) in [5, 5.41) is 6.65. The normalized spacial score (nSPS) is 17.4. The second kappa shape index (κ2) is 8.15. The molecule has 0 fully saturated rings. The summed E-state index contributed by atoms with van der Waals surface area (Å²) in [6.07, 6.45) is 0. The van der Waals surface area contributed by atoms with Gasteiger partial charge in [0.2, 0.25) is 0 Å². The number of nitrogens with one attached hydrogen (secondary N) is 2. The summed E-state index contributed by atoms with van der Waals surface area (Å²) >= 11 is 5.24. The first-order chi connectivity index (χ1) is 11.4. The molecule has 0 radical (unpaired) electrons. The van der Waals surface area contributed by atoms with Gasteiger partial charge in [-0.15, -0.1) is 0 Å². The lowest BCUT2D eigenvalue weighted by Crippen LogP contribution is -2.45. The van der Waals surface area contributed by atoms with Crippen molar-refractivity contribution in [3.05, 3.63) is 41.1 Å². The average Bonchev–Trinajstić information content (AvgIpc) is 2.53. The lowest BCUT2D eigenvalue weighted by atomic mass is 9.95. The Morgan fingerprint density at radius 2 is 1.96 bits per heavy atom. The third kappa shape index (κ3) is 4.47. The molecule has 1 aliphatic heterocycles. The maximum Gasteiger partial charge on any atom is 0.338 e. The van der Waals surface area contributed by atoms with Gasteiger partial charge >= 0.3 is 5.97 Å². The number of carbonyl (C=O) groups excluding carboxylic acids is 1. The van der Waals surface area contributed by atoms with E-state index < -0.39 is 0 Å². The molecule has 2 N–H and O–H groups in total. The van der Waals surface area contributed by atoms with Crippen LogP contribution in [-0.2, 0) is 9.53 Å².